The van der Waals surface area contributed by atoms with Gasteiger partial charge >= 0.3 is 0 Å². The lowest BCUT2D eigenvalue weighted by Crippen LogP contribution is -2.44. The van der Waals surface area contributed by atoms with E-state index >= 15 is 0 Å². The maximum absolute atomic E-state index is 13.1. The van der Waals surface area contributed by atoms with E-state index in [4.69, 9.17) is 16.3 Å². The molecule has 1 N–H and O–H groups in total. The fraction of sp³-hybridized carbons (Fsp3) is 0.0833. The van der Waals surface area contributed by atoms with Gasteiger partial charge in [-0.3, -0.25) is 14.5 Å². The van der Waals surface area contributed by atoms with Gasteiger partial charge in [0.15, 0.2) is 11.5 Å². The fourth-order valence-electron chi connectivity index (χ4n) is 3.12. The number of nitrogens with one attached hydrogen (secondary N) is 1. The molecule has 30 heavy (non-hydrogen) atoms. The van der Waals surface area contributed by atoms with Gasteiger partial charge in [0, 0.05) is 11.6 Å². The molecular weight excluding hydrogens is 400 g/mol. The number of nitrogens with zero attached hydrogens (tertiary/aromatic N) is 1. The van der Waals surface area contributed by atoms with Crippen LogP contribution >= 0.6 is 11.6 Å². The van der Waals surface area contributed by atoms with E-state index in [1.165, 1.54) is 4.90 Å². The van der Waals surface area contributed by atoms with Crippen LogP contribution in [0.2, 0.25) is 5.02 Å². The number of hydrogen-bond donors (Lipinski definition) is 1. The van der Waals surface area contributed by atoms with Crippen molar-refractivity contribution < 1.29 is 14.3 Å². The number of para-hydroxylation sites is 2. The van der Waals surface area contributed by atoms with Crippen LogP contribution in [0.4, 0.5) is 5.69 Å². The molecular formula is C24H19ClN2O3. The summed E-state index contributed by atoms with van der Waals surface area (Å²) in [6.45, 7) is 0.238. The third kappa shape index (κ3) is 4.53. The molecule has 0 spiro atoms. The summed E-state index contributed by atoms with van der Waals surface area (Å²) in [7, 11) is 0. The molecule has 3 aromatic rings. The lowest BCUT2D eigenvalue weighted by Gasteiger charge is -2.30. The van der Waals surface area contributed by atoms with Crippen LogP contribution in [0.15, 0.2) is 84.6 Å². The van der Waals surface area contributed by atoms with E-state index in [0.29, 0.717) is 23.0 Å². The minimum absolute atomic E-state index is 0.112. The van der Waals surface area contributed by atoms with Crippen molar-refractivity contribution in [3.05, 3.63) is 101 Å². The van der Waals surface area contributed by atoms with E-state index in [9.17, 15) is 9.59 Å². The third-order valence-electron chi connectivity index (χ3n) is 4.63. The molecule has 150 valence electrons. The SMILES string of the molecule is O=C(CN1C(=O)/C(=C\c2ccccc2)Oc2ccccc21)NCc1ccc(Cl)cc1. The summed E-state index contributed by atoms with van der Waals surface area (Å²) in [6, 6.07) is 23.8. The number of carbonyl (C=O) groups excluding carboxylic acids is 2. The Morgan fingerprint density at radius 3 is 2.43 bits per heavy atom. The second kappa shape index (κ2) is 8.84. The van der Waals surface area contributed by atoms with Gasteiger partial charge in [-0.05, 0) is 41.5 Å². The monoisotopic (exact) mass is 418 g/mol. The standard InChI is InChI=1S/C24H19ClN2O3/c25-19-12-10-18(11-13-19)15-26-23(28)16-27-20-8-4-5-9-21(20)30-22(24(27)29)14-17-6-2-1-3-7-17/h1-14H,15-16H2,(H,26,28)/b22-14+. The zero-order valence-corrected chi connectivity index (χ0v) is 16.8. The average molecular weight is 419 g/mol. The van der Waals surface area contributed by atoms with Crippen molar-refractivity contribution in [3.8, 4) is 5.75 Å². The van der Waals surface area contributed by atoms with Crippen molar-refractivity contribution in [2.75, 3.05) is 11.4 Å². The molecule has 3 aromatic carbocycles. The molecule has 0 aliphatic carbocycles. The van der Waals surface area contributed by atoms with Crippen LogP contribution in [-0.4, -0.2) is 18.4 Å². The number of anilines is 1. The lowest BCUT2D eigenvalue weighted by atomic mass is 10.1. The van der Waals surface area contributed by atoms with Gasteiger partial charge in [0.1, 0.15) is 6.54 Å². The lowest BCUT2D eigenvalue weighted by molar-refractivity contribution is -0.123. The van der Waals surface area contributed by atoms with Crippen molar-refractivity contribution in [2.45, 2.75) is 6.54 Å². The Balaban J connectivity index is 1.53. The van der Waals surface area contributed by atoms with Crippen molar-refractivity contribution >= 4 is 35.2 Å². The molecule has 0 unspecified atom stereocenters. The van der Waals surface area contributed by atoms with Gasteiger partial charge in [0.2, 0.25) is 5.91 Å². The molecule has 4 rings (SSSR count). The van der Waals surface area contributed by atoms with Crippen molar-refractivity contribution in [3.63, 3.8) is 0 Å². The Morgan fingerprint density at radius 1 is 0.967 bits per heavy atom. The Labute approximate surface area is 179 Å². The highest BCUT2D eigenvalue weighted by Crippen LogP contribution is 2.35. The molecule has 0 atom stereocenters. The van der Waals surface area contributed by atoms with Crippen LogP contribution in [0, 0.1) is 0 Å². The summed E-state index contributed by atoms with van der Waals surface area (Å²) in [5.74, 6) is 0.0726. The van der Waals surface area contributed by atoms with Gasteiger partial charge in [-0.2, -0.15) is 0 Å². The zero-order valence-electron chi connectivity index (χ0n) is 16.0. The van der Waals surface area contributed by atoms with Gasteiger partial charge in [0.25, 0.3) is 5.91 Å². The minimum Gasteiger partial charge on any atom is -0.449 e. The van der Waals surface area contributed by atoms with Crippen LogP contribution in [0.5, 0.6) is 5.75 Å². The average Bonchev–Trinajstić information content (AvgIpc) is 2.77. The molecule has 2 amide bonds. The molecule has 1 aliphatic heterocycles. The Kier molecular flexibility index (Phi) is 5.82. The Bertz CT molecular complexity index is 1090. The highest BCUT2D eigenvalue weighted by molar-refractivity contribution is 6.30. The summed E-state index contributed by atoms with van der Waals surface area (Å²) in [5, 5.41) is 3.48. The second-order valence-electron chi connectivity index (χ2n) is 6.78. The molecule has 5 nitrogen and oxygen atoms in total. The molecule has 1 aliphatic rings. The van der Waals surface area contributed by atoms with E-state index in [1.807, 2.05) is 48.5 Å². The predicted molar refractivity (Wildman–Crippen MR) is 117 cm³/mol. The van der Waals surface area contributed by atoms with Crippen molar-refractivity contribution in [2.24, 2.45) is 0 Å². The first kappa shape index (κ1) is 19.7. The van der Waals surface area contributed by atoms with Gasteiger partial charge < -0.3 is 10.1 Å². The van der Waals surface area contributed by atoms with Crippen molar-refractivity contribution in [1.29, 1.82) is 0 Å². The van der Waals surface area contributed by atoms with E-state index < -0.39 is 0 Å². The molecule has 0 radical (unpaired) electrons. The van der Waals surface area contributed by atoms with Crippen LogP contribution in [0.1, 0.15) is 11.1 Å². The first-order valence-corrected chi connectivity index (χ1v) is 9.84. The maximum Gasteiger partial charge on any atom is 0.294 e. The largest absolute Gasteiger partial charge is 0.449 e. The van der Waals surface area contributed by atoms with E-state index in [0.717, 1.165) is 11.1 Å². The number of fused-ring (bicyclic) bond motifs is 1. The third-order valence-corrected chi connectivity index (χ3v) is 4.89. The van der Waals surface area contributed by atoms with E-state index in [2.05, 4.69) is 5.32 Å². The zero-order chi connectivity index (χ0) is 20.9. The molecule has 0 aromatic heterocycles. The molecule has 0 bridgehead atoms. The number of halogens is 1. The number of ether oxygens (including phenoxy) is 1. The number of rotatable bonds is 5. The number of carbonyl (C=O) groups is 2. The molecule has 0 saturated heterocycles. The normalized spacial score (nSPS) is 14.2. The second-order valence-corrected chi connectivity index (χ2v) is 7.22. The number of benzene rings is 3. The topological polar surface area (TPSA) is 58.6 Å². The van der Waals surface area contributed by atoms with Gasteiger partial charge in [-0.25, -0.2) is 0 Å². The Hall–Kier alpha value is -3.57. The summed E-state index contributed by atoms with van der Waals surface area (Å²) in [4.78, 5) is 27.1. The Morgan fingerprint density at radius 2 is 1.67 bits per heavy atom. The van der Waals surface area contributed by atoms with E-state index in [-0.39, 0.29) is 24.1 Å². The highest BCUT2D eigenvalue weighted by atomic mass is 35.5. The minimum atomic E-state index is -0.362. The fourth-order valence-corrected chi connectivity index (χ4v) is 3.25. The smallest absolute Gasteiger partial charge is 0.294 e. The predicted octanol–water partition coefficient (Wildman–Crippen LogP) is 4.42. The highest BCUT2D eigenvalue weighted by Gasteiger charge is 2.31. The number of amides is 2. The van der Waals surface area contributed by atoms with Gasteiger partial charge in [-0.15, -0.1) is 0 Å². The van der Waals surface area contributed by atoms with Crippen molar-refractivity contribution in [1.82, 2.24) is 5.32 Å². The molecule has 6 heteroatoms. The maximum atomic E-state index is 13.1. The van der Waals surface area contributed by atoms with Crippen LogP contribution < -0.4 is 15.0 Å². The summed E-state index contributed by atoms with van der Waals surface area (Å²) >= 11 is 5.89. The molecule has 1 heterocycles. The van der Waals surface area contributed by atoms with Gasteiger partial charge in [0.05, 0.1) is 5.69 Å². The van der Waals surface area contributed by atoms with Crippen LogP contribution in [0.25, 0.3) is 6.08 Å². The van der Waals surface area contributed by atoms with Gasteiger partial charge in [-0.1, -0.05) is 66.2 Å². The molecule has 0 fully saturated rings. The van der Waals surface area contributed by atoms with Crippen LogP contribution in [-0.2, 0) is 16.1 Å². The first-order valence-electron chi connectivity index (χ1n) is 9.47. The summed E-state index contributed by atoms with van der Waals surface area (Å²) in [6.07, 6.45) is 1.68. The van der Waals surface area contributed by atoms with Crippen LogP contribution in [0.3, 0.4) is 0 Å². The molecule has 0 saturated carbocycles. The summed E-state index contributed by atoms with van der Waals surface area (Å²) < 4.78 is 5.83. The first-order chi connectivity index (χ1) is 14.6. The number of hydrogen-bond acceptors (Lipinski definition) is 3. The quantitative estimate of drug-likeness (QED) is 0.624. The summed E-state index contributed by atoms with van der Waals surface area (Å²) in [5.41, 5.74) is 2.33. The van der Waals surface area contributed by atoms with E-state index in [1.54, 1.807) is 36.4 Å².